The van der Waals surface area contributed by atoms with Crippen molar-refractivity contribution >= 4 is 29.8 Å². The minimum absolute atomic E-state index is 0.115. The molecule has 0 atom stereocenters. The summed E-state index contributed by atoms with van der Waals surface area (Å²) >= 11 is 0. The third kappa shape index (κ3) is 7.10. The fourth-order valence-electron chi connectivity index (χ4n) is 3.37. The molecule has 0 radical (unpaired) electrons. The number of hydrazone groups is 1. The molecular weight excluding hydrogens is 491 g/mol. The summed E-state index contributed by atoms with van der Waals surface area (Å²) in [6, 6.07) is 15.9. The Balaban J connectivity index is 1.86. The van der Waals surface area contributed by atoms with Crippen LogP contribution in [0.2, 0.25) is 0 Å². The van der Waals surface area contributed by atoms with Crippen molar-refractivity contribution in [1.29, 1.82) is 0 Å². The SMILES string of the molecule is COc1cc(C(=O)NC(=Cc2ccc(F)cc2)C(=O)NN=Cc2ccc(N(C)C)cc2)cc(OC)c1OC. The summed E-state index contributed by atoms with van der Waals surface area (Å²) in [5, 5.41) is 6.59. The smallest absolute Gasteiger partial charge is 0.287 e. The fraction of sp³-hybridized carbons (Fsp3) is 0.179. The van der Waals surface area contributed by atoms with Crippen LogP contribution in [-0.4, -0.2) is 53.5 Å². The molecule has 0 fully saturated rings. The molecule has 0 bridgehead atoms. The minimum atomic E-state index is -0.684. The summed E-state index contributed by atoms with van der Waals surface area (Å²) in [7, 11) is 8.18. The van der Waals surface area contributed by atoms with Gasteiger partial charge in [0.1, 0.15) is 11.5 Å². The van der Waals surface area contributed by atoms with E-state index in [1.165, 1.54) is 70.0 Å². The largest absolute Gasteiger partial charge is 0.493 e. The lowest BCUT2D eigenvalue weighted by molar-refractivity contribution is -0.117. The predicted octanol–water partition coefficient (Wildman–Crippen LogP) is 3.84. The molecule has 0 aromatic heterocycles. The van der Waals surface area contributed by atoms with Gasteiger partial charge in [-0.25, -0.2) is 9.82 Å². The van der Waals surface area contributed by atoms with E-state index < -0.39 is 17.6 Å². The van der Waals surface area contributed by atoms with E-state index in [0.29, 0.717) is 11.3 Å². The van der Waals surface area contributed by atoms with E-state index in [1.807, 2.05) is 43.3 Å². The van der Waals surface area contributed by atoms with Crippen molar-refractivity contribution in [1.82, 2.24) is 10.7 Å². The summed E-state index contributed by atoms with van der Waals surface area (Å²) in [6.45, 7) is 0. The summed E-state index contributed by atoms with van der Waals surface area (Å²) in [6.07, 6.45) is 2.89. The normalized spacial score (nSPS) is 11.2. The highest BCUT2D eigenvalue weighted by atomic mass is 19.1. The first-order valence-electron chi connectivity index (χ1n) is 11.4. The molecule has 10 heteroatoms. The lowest BCUT2D eigenvalue weighted by atomic mass is 10.1. The number of hydrogen-bond donors (Lipinski definition) is 2. The predicted molar refractivity (Wildman–Crippen MR) is 144 cm³/mol. The van der Waals surface area contributed by atoms with Gasteiger partial charge < -0.3 is 24.4 Å². The number of rotatable bonds is 10. The zero-order valence-corrected chi connectivity index (χ0v) is 21.7. The lowest BCUT2D eigenvalue weighted by Gasteiger charge is -2.14. The van der Waals surface area contributed by atoms with E-state index in [2.05, 4.69) is 15.8 Å². The molecule has 0 aliphatic rings. The number of amides is 2. The monoisotopic (exact) mass is 520 g/mol. The topological polar surface area (TPSA) is 101 Å². The number of methoxy groups -OCH3 is 3. The van der Waals surface area contributed by atoms with E-state index in [0.717, 1.165) is 11.3 Å². The molecule has 0 heterocycles. The molecule has 2 N–H and O–H groups in total. The van der Waals surface area contributed by atoms with Crippen LogP contribution in [0.3, 0.4) is 0 Å². The molecule has 0 saturated heterocycles. The van der Waals surface area contributed by atoms with Crippen molar-refractivity contribution in [3.05, 3.63) is 88.9 Å². The van der Waals surface area contributed by atoms with Crippen LogP contribution in [0.1, 0.15) is 21.5 Å². The summed E-state index contributed by atoms with van der Waals surface area (Å²) in [5.41, 5.74) is 4.73. The van der Waals surface area contributed by atoms with Gasteiger partial charge in [0.15, 0.2) is 11.5 Å². The molecule has 0 saturated carbocycles. The zero-order chi connectivity index (χ0) is 27.7. The zero-order valence-electron chi connectivity index (χ0n) is 21.7. The van der Waals surface area contributed by atoms with Gasteiger partial charge in [-0.2, -0.15) is 5.10 Å². The van der Waals surface area contributed by atoms with Crippen molar-refractivity contribution in [3.8, 4) is 17.2 Å². The molecule has 3 rings (SSSR count). The van der Waals surface area contributed by atoms with Crippen LogP contribution in [0.15, 0.2) is 71.5 Å². The van der Waals surface area contributed by atoms with Crippen molar-refractivity contribution < 1.29 is 28.2 Å². The molecule has 0 unspecified atom stereocenters. The van der Waals surface area contributed by atoms with E-state index in [-0.39, 0.29) is 22.8 Å². The Labute approximate surface area is 220 Å². The second-order valence-corrected chi connectivity index (χ2v) is 8.16. The van der Waals surface area contributed by atoms with Gasteiger partial charge in [0.05, 0.1) is 27.5 Å². The maximum Gasteiger partial charge on any atom is 0.287 e. The quantitative estimate of drug-likeness (QED) is 0.239. The van der Waals surface area contributed by atoms with Crippen LogP contribution in [0.25, 0.3) is 6.08 Å². The molecule has 198 valence electrons. The molecule has 0 aliphatic heterocycles. The molecular formula is C28H29FN4O5. The minimum Gasteiger partial charge on any atom is -0.493 e. The highest BCUT2D eigenvalue weighted by Crippen LogP contribution is 2.38. The first kappa shape index (κ1) is 27.7. The average molecular weight is 521 g/mol. The van der Waals surface area contributed by atoms with E-state index in [4.69, 9.17) is 14.2 Å². The second-order valence-electron chi connectivity index (χ2n) is 8.16. The van der Waals surface area contributed by atoms with Crippen molar-refractivity contribution in [2.75, 3.05) is 40.3 Å². The number of halogens is 1. The van der Waals surface area contributed by atoms with Crippen molar-refractivity contribution in [2.24, 2.45) is 5.10 Å². The van der Waals surface area contributed by atoms with Crippen molar-refractivity contribution in [2.45, 2.75) is 0 Å². The number of ether oxygens (including phenoxy) is 3. The standard InChI is InChI=1S/C28H29FN4O5/c1-33(2)22-12-8-19(9-13-22)17-30-32-28(35)23(14-18-6-10-21(29)11-7-18)31-27(34)20-15-24(36-3)26(38-5)25(16-20)37-4/h6-17H,1-5H3,(H,31,34)(H,32,35). The van der Waals surface area contributed by atoms with Gasteiger partial charge in [-0.05, 0) is 53.6 Å². The number of nitrogens with one attached hydrogen (secondary N) is 2. The van der Waals surface area contributed by atoms with Crippen LogP contribution < -0.4 is 29.9 Å². The maximum absolute atomic E-state index is 13.4. The van der Waals surface area contributed by atoms with Gasteiger partial charge in [-0.3, -0.25) is 9.59 Å². The third-order valence-electron chi connectivity index (χ3n) is 5.39. The van der Waals surface area contributed by atoms with E-state index >= 15 is 0 Å². The van der Waals surface area contributed by atoms with Crippen LogP contribution in [0, 0.1) is 5.82 Å². The summed E-state index contributed by atoms with van der Waals surface area (Å²) in [5.74, 6) is -0.864. The Bertz CT molecular complexity index is 1310. The van der Waals surface area contributed by atoms with Gasteiger partial charge in [-0.15, -0.1) is 0 Å². The molecule has 38 heavy (non-hydrogen) atoms. The Hall–Kier alpha value is -4.86. The highest BCUT2D eigenvalue weighted by molar-refractivity contribution is 6.05. The van der Waals surface area contributed by atoms with Gasteiger partial charge in [0.2, 0.25) is 5.75 Å². The second kappa shape index (κ2) is 12.9. The lowest BCUT2D eigenvalue weighted by Crippen LogP contribution is -2.32. The molecule has 3 aromatic rings. The Morgan fingerprint density at radius 2 is 1.45 bits per heavy atom. The van der Waals surface area contributed by atoms with Crippen LogP contribution in [-0.2, 0) is 4.79 Å². The van der Waals surface area contributed by atoms with Crippen LogP contribution in [0.5, 0.6) is 17.2 Å². The molecule has 0 spiro atoms. The molecule has 3 aromatic carbocycles. The van der Waals surface area contributed by atoms with Crippen LogP contribution >= 0.6 is 0 Å². The van der Waals surface area contributed by atoms with E-state index in [9.17, 15) is 14.0 Å². The number of hydrogen-bond acceptors (Lipinski definition) is 7. The fourth-order valence-corrected chi connectivity index (χ4v) is 3.37. The summed E-state index contributed by atoms with van der Waals surface area (Å²) in [4.78, 5) is 28.1. The Morgan fingerprint density at radius 3 is 1.97 bits per heavy atom. The van der Waals surface area contributed by atoms with Gasteiger partial charge in [-0.1, -0.05) is 24.3 Å². The highest BCUT2D eigenvalue weighted by Gasteiger charge is 2.19. The number of carbonyl (C=O) groups is 2. The Kier molecular flexibility index (Phi) is 9.42. The first-order chi connectivity index (χ1) is 18.2. The molecule has 0 aliphatic carbocycles. The number of carbonyl (C=O) groups excluding carboxylic acids is 2. The van der Waals surface area contributed by atoms with Crippen molar-refractivity contribution in [3.63, 3.8) is 0 Å². The third-order valence-corrected chi connectivity index (χ3v) is 5.39. The van der Waals surface area contributed by atoms with Gasteiger partial charge in [0, 0.05) is 25.3 Å². The number of nitrogens with zero attached hydrogens (tertiary/aromatic N) is 2. The number of anilines is 1. The van der Waals surface area contributed by atoms with Gasteiger partial charge in [0.25, 0.3) is 11.8 Å². The molecule has 9 nitrogen and oxygen atoms in total. The summed E-state index contributed by atoms with van der Waals surface area (Å²) < 4.78 is 29.3. The Morgan fingerprint density at radius 1 is 0.868 bits per heavy atom. The average Bonchev–Trinajstić information content (AvgIpc) is 2.93. The molecule has 2 amide bonds. The maximum atomic E-state index is 13.4. The van der Waals surface area contributed by atoms with Gasteiger partial charge >= 0.3 is 0 Å². The van der Waals surface area contributed by atoms with E-state index in [1.54, 1.807) is 0 Å². The first-order valence-corrected chi connectivity index (χ1v) is 11.4. The number of benzene rings is 3. The van der Waals surface area contributed by atoms with Crippen LogP contribution in [0.4, 0.5) is 10.1 Å².